The summed E-state index contributed by atoms with van der Waals surface area (Å²) in [6, 6.07) is 0. The van der Waals surface area contributed by atoms with E-state index in [1.54, 1.807) is 13.0 Å². The molecule has 0 aromatic carbocycles. The first-order valence-corrected chi connectivity index (χ1v) is 3.30. The largest absolute Gasteiger partial charge is 0.462 e. The van der Waals surface area contributed by atoms with Crippen LogP contribution in [0.15, 0.2) is 12.2 Å². The minimum Gasteiger partial charge on any atom is -0.462 e. The average Bonchev–Trinajstić information content (AvgIpc) is 1.89. The molecular weight excluding hydrogens is 146 g/mol. The van der Waals surface area contributed by atoms with E-state index in [9.17, 15) is 4.79 Å². The molecule has 0 aromatic rings. The van der Waals surface area contributed by atoms with E-state index in [1.165, 1.54) is 6.08 Å². The highest BCUT2D eigenvalue weighted by atomic mass is 16.5. The van der Waals surface area contributed by atoms with Crippen molar-refractivity contribution in [2.75, 3.05) is 13.2 Å². The first-order chi connectivity index (χ1) is 4.81. The number of carbonyl (C=O) groups excluding carboxylic acids is 1. The van der Waals surface area contributed by atoms with Gasteiger partial charge >= 0.3 is 5.97 Å². The lowest BCUT2D eigenvalue weighted by molar-refractivity contribution is -0.137. The predicted octanol–water partition coefficient (Wildman–Crippen LogP) is -0.370. The van der Waals surface area contributed by atoms with E-state index in [2.05, 4.69) is 0 Å². The number of nitrogens with two attached hydrogens (primary N) is 1. The Morgan fingerprint density at radius 3 is 2.73 bits per heavy atom. The highest BCUT2D eigenvalue weighted by Gasteiger charge is 1.92. The van der Waals surface area contributed by atoms with E-state index in [4.69, 9.17) is 10.5 Å². The van der Waals surface area contributed by atoms with Crippen LogP contribution in [0.5, 0.6) is 0 Å². The maximum absolute atomic E-state index is 10.6. The summed E-state index contributed by atoms with van der Waals surface area (Å²) in [6.45, 7) is 2.74. The van der Waals surface area contributed by atoms with Gasteiger partial charge in [0.2, 0.25) is 0 Å². The number of rotatable bonds is 4. The van der Waals surface area contributed by atoms with Crippen molar-refractivity contribution < 1.29 is 15.0 Å². The molecule has 0 saturated carbocycles. The second-order valence-corrected chi connectivity index (χ2v) is 1.81. The van der Waals surface area contributed by atoms with Crippen LogP contribution in [0.4, 0.5) is 0 Å². The molecule has 0 aliphatic carbocycles. The van der Waals surface area contributed by atoms with Crippen molar-refractivity contribution in [3.8, 4) is 0 Å². The lowest BCUT2D eigenvalue weighted by Crippen LogP contribution is -2.07. The summed E-state index contributed by atoms with van der Waals surface area (Å²) in [7, 11) is 0. The minimum atomic E-state index is -0.295. The number of allylic oxidation sites excluding steroid dienone is 1. The fraction of sp³-hybridized carbons (Fsp3) is 0.571. The molecule has 0 aromatic heterocycles. The Hall–Kier alpha value is -0.870. The van der Waals surface area contributed by atoms with E-state index in [1.807, 2.05) is 0 Å². The minimum absolute atomic E-state index is 0. The van der Waals surface area contributed by atoms with Crippen molar-refractivity contribution in [2.45, 2.75) is 13.3 Å². The summed E-state index contributed by atoms with van der Waals surface area (Å²) < 4.78 is 4.72. The molecule has 4 heteroatoms. The summed E-state index contributed by atoms with van der Waals surface area (Å²) >= 11 is 0. The average molecular weight is 161 g/mol. The normalized spacial score (nSPS) is 9.27. The number of esters is 1. The van der Waals surface area contributed by atoms with Crippen LogP contribution < -0.4 is 5.73 Å². The Morgan fingerprint density at radius 2 is 2.27 bits per heavy atom. The lowest BCUT2D eigenvalue weighted by atomic mass is 10.4. The number of ether oxygens (including phenoxy) is 1. The van der Waals surface area contributed by atoms with E-state index in [0.717, 1.165) is 6.42 Å². The van der Waals surface area contributed by atoms with Crippen molar-refractivity contribution >= 4 is 5.97 Å². The molecule has 0 fully saturated rings. The second-order valence-electron chi connectivity index (χ2n) is 1.81. The molecule has 0 unspecified atom stereocenters. The molecule has 4 nitrogen and oxygen atoms in total. The van der Waals surface area contributed by atoms with Gasteiger partial charge in [0.15, 0.2) is 0 Å². The van der Waals surface area contributed by atoms with Crippen molar-refractivity contribution in [3.05, 3.63) is 12.2 Å². The zero-order valence-electron chi connectivity index (χ0n) is 6.67. The molecule has 0 saturated heterocycles. The molecule has 0 bridgehead atoms. The zero-order valence-corrected chi connectivity index (χ0v) is 6.67. The predicted molar refractivity (Wildman–Crippen MR) is 43.1 cm³/mol. The van der Waals surface area contributed by atoms with Crippen molar-refractivity contribution in [2.24, 2.45) is 5.73 Å². The third-order valence-corrected chi connectivity index (χ3v) is 0.896. The Kier molecular flexibility index (Phi) is 10.6. The molecule has 0 aliphatic rings. The quantitative estimate of drug-likeness (QED) is 0.347. The van der Waals surface area contributed by atoms with Crippen LogP contribution in [0.2, 0.25) is 0 Å². The highest BCUT2D eigenvalue weighted by molar-refractivity contribution is 5.81. The van der Waals surface area contributed by atoms with Crippen LogP contribution in [0.25, 0.3) is 0 Å². The lowest BCUT2D eigenvalue weighted by Gasteiger charge is -1.97. The van der Waals surface area contributed by atoms with Crippen LogP contribution in [0, 0.1) is 0 Å². The van der Waals surface area contributed by atoms with Gasteiger partial charge in [0.05, 0.1) is 6.61 Å². The fourth-order valence-corrected chi connectivity index (χ4v) is 0.440. The highest BCUT2D eigenvalue weighted by Crippen LogP contribution is 1.83. The van der Waals surface area contributed by atoms with Gasteiger partial charge in [0.25, 0.3) is 0 Å². The van der Waals surface area contributed by atoms with Crippen LogP contribution in [0.3, 0.4) is 0 Å². The number of carbonyl (C=O) groups is 1. The molecule has 0 spiro atoms. The molecule has 66 valence electrons. The van der Waals surface area contributed by atoms with Gasteiger partial charge in [-0.25, -0.2) is 4.79 Å². The molecule has 0 heterocycles. The van der Waals surface area contributed by atoms with Gasteiger partial charge in [-0.15, -0.1) is 0 Å². The zero-order chi connectivity index (χ0) is 7.82. The summed E-state index contributed by atoms with van der Waals surface area (Å²) in [5.74, 6) is -0.295. The van der Waals surface area contributed by atoms with Crippen LogP contribution >= 0.6 is 0 Å². The van der Waals surface area contributed by atoms with E-state index < -0.39 is 0 Å². The molecule has 0 radical (unpaired) electrons. The van der Waals surface area contributed by atoms with Gasteiger partial charge in [0, 0.05) is 6.08 Å². The van der Waals surface area contributed by atoms with Crippen molar-refractivity contribution in [3.63, 3.8) is 0 Å². The summed E-state index contributed by atoms with van der Waals surface area (Å²) in [5.41, 5.74) is 5.18. The molecule has 0 amide bonds. The molecule has 0 aliphatic heterocycles. The van der Waals surface area contributed by atoms with Gasteiger partial charge in [-0.3, -0.25) is 0 Å². The number of hydrogen-bond donors (Lipinski definition) is 1. The van der Waals surface area contributed by atoms with Crippen LogP contribution in [-0.2, 0) is 9.53 Å². The van der Waals surface area contributed by atoms with Gasteiger partial charge in [-0.05, 0) is 19.9 Å². The smallest absolute Gasteiger partial charge is 0.330 e. The summed E-state index contributed by atoms with van der Waals surface area (Å²) in [4.78, 5) is 10.6. The standard InChI is InChI=1S/C7H13NO2.H2O/c1-2-4-7(9)10-6-3-5-8;/h2,4H,3,5-6,8H2,1H3;1H2. The van der Waals surface area contributed by atoms with Crippen molar-refractivity contribution in [1.82, 2.24) is 0 Å². The third kappa shape index (κ3) is 9.13. The second kappa shape index (κ2) is 9.13. The number of hydrogen-bond acceptors (Lipinski definition) is 3. The molecule has 0 atom stereocenters. The van der Waals surface area contributed by atoms with E-state index >= 15 is 0 Å². The van der Waals surface area contributed by atoms with Crippen LogP contribution in [0.1, 0.15) is 13.3 Å². The molecule has 11 heavy (non-hydrogen) atoms. The van der Waals surface area contributed by atoms with Gasteiger partial charge in [0.1, 0.15) is 0 Å². The maximum atomic E-state index is 10.6. The van der Waals surface area contributed by atoms with Crippen LogP contribution in [-0.4, -0.2) is 24.6 Å². The molecule has 4 N–H and O–H groups in total. The van der Waals surface area contributed by atoms with E-state index in [0.29, 0.717) is 13.2 Å². The summed E-state index contributed by atoms with van der Waals surface area (Å²) in [5, 5.41) is 0. The molecule has 0 rings (SSSR count). The Balaban J connectivity index is 0. The Bertz CT molecular complexity index is 123. The van der Waals surface area contributed by atoms with E-state index in [-0.39, 0.29) is 11.4 Å². The Labute approximate surface area is 66.3 Å². The topological polar surface area (TPSA) is 83.8 Å². The van der Waals surface area contributed by atoms with Crippen molar-refractivity contribution in [1.29, 1.82) is 0 Å². The maximum Gasteiger partial charge on any atom is 0.330 e. The SMILES string of the molecule is CC=CC(=O)OCCCN.O. The monoisotopic (exact) mass is 161 g/mol. The van der Waals surface area contributed by atoms with Gasteiger partial charge in [-0.2, -0.15) is 0 Å². The first kappa shape index (κ1) is 12.8. The first-order valence-electron chi connectivity index (χ1n) is 3.30. The van der Waals surface area contributed by atoms with Gasteiger partial charge in [-0.1, -0.05) is 6.08 Å². The van der Waals surface area contributed by atoms with Gasteiger partial charge < -0.3 is 15.9 Å². The third-order valence-electron chi connectivity index (χ3n) is 0.896. The summed E-state index contributed by atoms with van der Waals surface area (Å²) in [6.07, 6.45) is 3.75. The Morgan fingerprint density at radius 1 is 1.64 bits per heavy atom. The molecular formula is C7H15NO3. The fourth-order valence-electron chi connectivity index (χ4n) is 0.440.